The van der Waals surface area contributed by atoms with E-state index in [1.54, 1.807) is 36.4 Å². The molecule has 4 rings (SSSR count). The Hall–Kier alpha value is -3.95. The van der Waals surface area contributed by atoms with Crippen LogP contribution in [0, 0.1) is 18.2 Å². The van der Waals surface area contributed by atoms with Crippen molar-refractivity contribution in [2.75, 3.05) is 7.11 Å². The number of Topliss-reactive ketones (excluding diaryl/α,β-unsaturated/α-hetero) is 1. The van der Waals surface area contributed by atoms with Gasteiger partial charge >= 0.3 is 5.97 Å². The van der Waals surface area contributed by atoms with Crippen molar-refractivity contribution in [1.82, 2.24) is 0 Å². The van der Waals surface area contributed by atoms with Gasteiger partial charge in [-0.3, -0.25) is 9.59 Å². The van der Waals surface area contributed by atoms with Gasteiger partial charge in [-0.05, 0) is 54.5 Å². The molecule has 1 aliphatic heterocycles. The van der Waals surface area contributed by atoms with Gasteiger partial charge in [0.25, 0.3) is 0 Å². The summed E-state index contributed by atoms with van der Waals surface area (Å²) in [6.45, 7) is 2.00. The quantitative estimate of drug-likeness (QED) is 0.282. The number of allylic oxidation sites excluding steroid dienone is 1. The van der Waals surface area contributed by atoms with E-state index in [2.05, 4.69) is 5.73 Å². The number of carbonyl (C=O) groups excluding carboxylic acids is 2. The van der Waals surface area contributed by atoms with Gasteiger partial charge in [0.05, 0.1) is 12.7 Å². The van der Waals surface area contributed by atoms with Gasteiger partial charge in [0, 0.05) is 6.42 Å². The van der Waals surface area contributed by atoms with E-state index in [0.29, 0.717) is 16.9 Å². The molecule has 0 spiro atoms. The molecule has 33 heavy (non-hydrogen) atoms. The molecule has 0 radical (unpaired) electrons. The molecular weight excluding hydrogens is 419 g/mol. The lowest BCUT2D eigenvalue weighted by molar-refractivity contribution is -0.155. The summed E-state index contributed by atoms with van der Waals surface area (Å²) >= 11 is 0. The van der Waals surface area contributed by atoms with Crippen LogP contribution in [-0.2, 0) is 9.53 Å². The van der Waals surface area contributed by atoms with Gasteiger partial charge in [0.2, 0.25) is 0 Å². The normalized spacial score (nSPS) is 19.0. The van der Waals surface area contributed by atoms with Crippen molar-refractivity contribution in [2.45, 2.75) is 19.4 Å². The Morgan fingerprint density at radius 3 is 2.61 bits per heavy atom. The van der Waals surface area contributed by atoms with Crippen LogP contribution in [0.25, 0.3) is 6.08 Å². The molecule has 166 valence electrons. The maximum absolute atomic E-state index is 13.8. The summed E-state index contributed by atoms with van der Waals surface area (Å²) in [5, 5.41) is 0. The average Bonchev–Trinajstić information content (AvgIpc) is 2.83. The fourth-order valence-corrected chi connectivity index (χ4v) is 4.13. The third-order valence-corrected chi connectivity index (χ3v) is 5.79. The lowest BCUT2D eigenvalue weighted by Gasteiger charge is -2.40. The number of hydrogen-bond acceptors (Lipinski definition) is 4. The van der Waals surface area contributed by atoms with Crippen molar-refractivity contribution < 1.29 is 23.5 Å². The lowest BCUT2D eigenvalue weighted by Crippen LogP contribution is -2.49. The Bertz CT molecular complexity index is 1250. The number of carbonyl (C=O) groups is 2. The van der Waals surface area contributed by atoms with Gasteiger partial charge in [0.15, 0.2) is 11.2 Å². The molecule has 4 nitrogen and oxygen atoms in total. The molecule has 0 amide bonds. The molecule has 0 saturated carbocycles. The van der Waals surface area contributed by atoms with Crippen LogP contribution in [0.1, 0.15) is 39.6 Å². The molecule has 2 atom stereocenters. The zero-order valence-electron chi connectivity index (χ0n) is 18.4. The number of methoxy groups -OCH3 is 1. The van der Waals surface area contributed by atoms with Crippen LogP contribution in [0.2, 0.25) is 0 Å². The molecule has 1 aliphatic rings. The van der Waals surface area contributed by atoms with Crippen LogP contribution in [-0.4, -0.2) is 18.9 Å². The van der Waals surface area contributed by atoms with Gasteiger partial charge in [-0.2, -0.15) is 0 Å². The molecule has 0 aliphatic carbocycles. The van der Waals surface area contributed by atoms with Crippen molar-refractivity contribution in [3.05, 3.63) is 113 Å². The Morgan fingerprint density at radius 2 is 1.88 bits per heavy atom. The fourth-order valence-electron chi connectivity index (χ4n) is 4.13. The lowest BCUT2D eigenvalue weighted by atomic mass is 9.69. The predicted molar refractivity (Wildman–Crippen MR) is 123 cm³/mol. The van der Waals surface area contributed by atoms with Crippen LogP contribution >= 0.6 is 0 Å². The van der Waals surface area contributed by atoms with E-state index in [1.165, 1.54) is 31.4 Å². The molecule has 1 heterocycles. The molecule has 0 bridgehead atoms. The highest BCUT2D eigenvalue weighted by Crippen LogP contribution is 2.49. The molecule has 0 aromatic heterocycles. The summed E-state index contributed by atoms with van der Waals surface area (Å²) in [6, 6.07) is 20.3. The van der Waals surface area contributed by atoms with Crippen LogP contribution in [0.5, 0.6) is 5.75 Å². The maximum atomic E-state index is 13.8. The highest BCUT2D eigenvalue weighted by molar-refractivity contribution is 6.15. The average molecular weight is 442 g/mol. The highest BCUT2D eigenvalue weighted by atomic mass is 19.1. The second-order valence-electron chi connectivity index (χ2n) is 7.97. The Morgan fingerprint density at radius 1 is 1.12 bits per heavy atom. The summed E-state index contributed by atoms with van der Waals surface area (Å²) in [4.78, 5) is 27.0. The number of para-hydroxylation sites is 1. The van der Waals surface area contributed by atoms with E-state index in [-0.39, 0.29) is 6.42 Å². The van der Waals surface area contributed by atoms with E-state index in [9.17, 15) is 14.0 Å². The van der Waals surface area contributed by atoms with Gasteiger partial charge in [-0.25, -0.2) is 4.39 Å². The first kappa shape index (κ1) is 22.3. The second-order valence-corrected chi connectivity index (χ2v) is 7.97. The minimum Gasteiger partial charge on any atom is -0.483 e. The maximum Gasteiger partial charge on any atom is 0.324 e. The summed E-state index contributed by atoms with van der Waals surface area (Å²) in [6.07, 6.45) is 2.43. The molecule has 0 saturated heterocycles. The number of ether oxygens (including phenoxy) is 2. The number of esters is 1. The number of fused-ring (bicyclic) bond motifs is 1. The minimum atomic E-state index is -1.69. The Kier molecular flexibility index (Phi) is 6.25. The number of benzene rings is 3. The standard InChI is InChI=1S/C28H23FO4/c1-19-8-7-10-20(18-19)9-5-6-17-28(27(31)32-2)25(30)23-11-3-4-12-24(23)33-26(28)21-13-15-22(29)16-14-21/h3-4,6-16,18,26H,17H2,1-2H3. The topological polar surface area (TPSA) is 52.6 Å². The first-order valence-corrected chi connectivity index (χ1v) is 10.6. The van der Waals surface area contributed by atoms with Crippen molar-refractivity contribution in [1.29, 1.82) is 0 Å². The zero-order chi connectivity index (χ0) is 23.4. The molecule has 3 aromatic carbocycles. The number of hydrogen-bond donors (Lipinski definition) is 0. The smallest absolute Gasteiger partial charge is 0.324 e. The summed E-state index contributed by atoms with van der Waals surface area (Å²) in [5.41, 5.74) is 4.26. The van der Waals surface area contributed by atoms with Crippen molar-refractivity contribution in [2.24, 2.45) is 5.41 Å². The van der Waals surface area contributed by atoms with E-state index in [1.807, 2.05) is 31.2 Å². The fraction of sp³-hybridized carbons (Fsp3) is 0.179. The Labute approximate surface area is 192 Å². The number of aryl methyl sites for hydroxylation is 1. The van der Waals surface area contributed by atoms with Gasteiger partial charge < -0.3 is 9.47 Å². The van der Waals surface area contributed by atoms with Crippen LogP contribution < -0.4 is 4.74 Å². The van der Waals surface area contributed by atoms with E-state index in [4.69, 9.17) is 9.47 Å². The highest BCUT2D eigenvalue weighted by Gasteiger charge is 2.58. The van der Waals surface area contributed by atoms with E-state index in [0.717, 1.165) is 11.1 Å². The van der Waals surface area contributed by atoms with Gasteiger partial charge in [0.1, 0.15) is 17.7 Å². The first-order chi connectivity index (χ1) is 16.0. The van der Waals surface area contributed by atoms with Crippen LogP contribution in [0.3, 0.4) is 0 Å². The van der Waals surface area contributed by atoms with Gasteiger partial charge in [-0.15, -0.1) is 5.73 Å². The summed E-state index contributed by atoms with van der Waals surface area (Å²) in [5.74, 6) is -1.18. The summed E-state index contributed by atoms with van der Waals surface area (Å²) < 4.78 is 24.9. The molecule has 3 aromatic rings. The molecular formula is C28H23FO4. The molecule has 2 unspecified atom stereocenters. The van der Waals surface area contributed by atoms with E-state index >= 15 is 0 Å². The molecule has 5 heteroatoms. The third kappa shape index (κ3) is 4.23. The largest absolute Gasteiger partial charge is 0.483 e. The monoisotopic (exact) mass is 442 g/mol. The molecule has 0 fully saturated rings. The van der Waals surface area contributed by atoms with Crippen molar-refractivity contribution in [3.8, 4) is 5.75 Å². The minimum absolute atomic E-state index is 0.00278. The Balaban J connectivity index is 1.82. The van der Waals surface area contributed by atoms with Gasteiger partial charge in [-0.1, -0.05) is 54.1 Å². The van der Waals surface area contributed by atoms with E-state index < -0.39 is 29.1 Å². The molecule has 0 N–H and O–H groups in total. The SMILES string of the molecule is COC(=O)C1(CC=C=Cc2cccc(C)c2)C(=O)c2ccccc2OC1c1ccc(F)cc1. The van der Waals surface area contributed by atoms with Crippen LogP contribution in [0.15, 0.2) is 84.6 Å². The second kappa shape index (κ2) is 9.27. The number of ketones is 1. The number of rotatable bonds is 5. The first-order valence-electron chi connectivity index (χ1n) is 10.6. The van der Waals surface area contributed by atoms with Crippen LogP contribution in [0.4, 0.5) is 4.39 Å². The zero-order valence-corrected chi connectivity index (χ0v) is 18.4. The third-order valence-electron chi connectivity index (χ3n) is 5.79. The predicted octanol–water partition coefficient (Wildman–Crippen LogP) is 5.87. The number of halogens is 1. The summed E-state index contributed by atoms with van der Waals surface area (Å²) in [7, 11) is 1.24. The van der Waals surface area contributed by atoms with Crippen molar-refractivity contribution in [3.63, 3.8) is 0 Å². The van der Waals surface area contributed by atoms with Crippen molar-refractivity contribution >= 4 is 17.8 Å².